The van der Waals surface area contributed by atoms with Crippen molar-refractivity contribution in [3.63, 3.8) is 0 Å². The molecule has 2 amide bonds. The third-order valence-electron chi connectivity index (χ3n) is 5.22. The molecule has 1 aromatic rings. The molecule has 8 heteroatoms. The maximum Gasteiger partial charge on any atom is 0.257 e. The SMILES string of the molecule is COc1ccc(C(=O)N2CCN(C(=O)C3CCNC3)CC2)c(OC)c1OC. The Balaban J connectivity index is 1.70. The predicted molar refractivity (Wildman–Crippen MR) is 99.6 cm³/mol. The zero-order chi connectivity index (χ0) is 19.4. The Morgan fingerprint density at radius 3 is 2.19 bits per heavy atom. The molecule has 2 heterocycles. The van der Waals surface area contributed by atoms with Crippen molar-refractivity contribution in [3.8, 4) is 17.2 Å². The van der Waals surface area contributed by atoms with Gasteiger partial charge in [0.1, 0.15) is 0 Å². The third kappa shape index (κ3) is 3.80. The molecule has 1 unspecified atom stereocenters. The van der Waals surface area contributed by atoms with Gasteiger partial charge in [0.05, 0.1) is 32.8 Å². The van der Waals surface area contributed by atoms with Crippen LogP contribution >= 0.6 is 0 Å². The molecule has 148 valence electrons. The van der Waals surface area contributed by atoms with Gasteiger partial charge < -0.3 is 29.3 Å². The zero-order valence-electron chi connectivity index (χ0n) is 16.1. The van der Waals surface area contributed by atoms with Gasteiger partial charge >= 0.3 is 0 Å². The standard InChI is InChI=1S/C19H27N3O5/c1-25-15-5-4-14(16(26-2)17(15)27-3)19(24)22-10-8-21(9-11-22)18(23)13-6-7-20-12-13/h4-5,13,20H,6-12H2,1-3H3. The van der Waals surface area contributed by atoms with Gasteiger partial charge in [-0.15, -0.1) is 0 Å². The van der Waals surface area contributed by atoms with E-state index < -0.39 is 0 Å². The molecule has 0 aliphatic carbocycles. The number of amides is 2. The molecule has 1 N–H and O–H groups in total. The van der Waals surface area contributed by atoms with Crippen molar-refractivity contribution in [2.24, 2.45) is 5.92 Å². The van der Waals surface area contributed by atoms with Gasteiger partial charge in [0, 0.05) is 32.7 Å². The highest BCUT2D eigenvalue weighted by atomic mass is 16.5. The Bertz CT molecular complexity index is 695. The van der Waals surface area contributed by atoms with Crippen LogP contribution in [0.15, 0.2) is 12.1 Å². The lowest BCUT2D eigenvalue weighted by Gasteiger charge is -2.36. The van der Waals surface area contributed by atoms with E-state index in [9.17, 15) is 9.59 Å². The Morgan fingerprint density at radius 1 is 0.963 bits per heavy atom. The van der Waals surface area contributed by atoms with Gasteiger partial charge in [-0.1, -0.05) is 0 Å². The molecule has 0 saturated carbocycles. The predicted octanol–water partition coefficient (Wildman–Crippen LogP) is 0.606. The summed E-state index contributed by atoms with van der Waals surface area (Å²) in [5.74, 6) is 1.38. The summed E-state index contributed by atoms with van der Waals surface area (Å²) in [6, 6.07) is 3.38. The van der Waals surface area contributed by atoms with E-state index in [1.54, 1.807) is 17.0 Å². The topological polar surface area (TPSA) is 80.3 Å². The van der Waals surface area contributed by atoms with Gasteiger partial charge in [0.25, 0.3) is 5.91 Å². The molecule has 0 aromatic heterocycles. The fraction of sp³-hybridized carbons (Fsp3) is 0.579. The van der Waals surface area contributed by atoms with Crippen molar-refractivity contribution < 1.29 is 23.8 Å². The monoisotopic (exact) mass is 377 g/mol. The molecule has 1 aromatic carbocycles. The number of benzene rings is 1. The molecule has 0 bridgehead atoms. The van der Waals surface area contributed by atoms with Crippen LogP contribution in [0.2, 0.25) is 0 Å². The fourth-order valence-corrected chi connectivity index (χ4v) is 3.69. The van der Waals surface area contributed by atoms with E-state index in [0.29, 0.717) is 49.0 Å². The van der Waals surface area contributed by atoms with E-state index >= 15 is 0 Å². The summed E-state index contributed by atoms with van der Waals surface area (Å²) in [7, 11) is 4.55. The van der Waals surface area contributed by atoms with E-state index in [1.165, 1.54) is 21.3 Å². The molecule has 27 heavy (non-hydrogen) atoms. The van der Waals surface area contributed by atoms with E-state index in [-0.39, 0.29) is 17.7 Å². The summed E-state index contributed by atoms with van der Waals surface area (Å²) >= 11 is 0. The number of ether oxygens (including phenoxy) is 3. The maximum atomic E-state index is 13.0. The van der Waals surface area contributed by atoms with Crippen molar-refractivity contribution >= 4 is 11.8 Å². The molecule has 0 spiro atoms. The van der Waals surface area contributed by atoms with Crippen LogP contribution in [0.4, 0.5) is 0 Å². The van der Waals surface area contributed by atoms with Crippen LogP contribution in [0.3, 0.4) is 0 Å². The first-order valence-corrected chi connectivity index (χ1v) is 9.18. The van der Waals surface area contributed by atoms with Gasteiger partial charge in [-0.3, -0.25) is 9.59 Å². The number of carbonyl (C=O) groups is 2. The van der Waals surface area contributed by atoms with Crippen LogP contribution in [0.25, 0.3) is 0 Å². The van der Waals surface area contributed by atoms with Gasteiger partial charge in [0.15, 0.2) is 11.5 Å². The van der Waals surface area contributed by atoms with Crippen molar-refractivity contribution in [2.75, 3.05) is 60.6 Å². The number of nitrogens with zero attached hydrogens (tertiary/aromatic N) is 2. The number of methoxy groups -OCH3 is 3. The first-order chi connectivity index (χ1) is 13.1. The number of hydrogen-bond acceptors (Lipinski definition) is 6. The minimum atomic E-state index is -0.137. The summed E-state index contributed by atoms with van der Waals surface area (Å²) in [6.45, 7) is 3.76. The van der Waals surface area contributed by atoms with Gasteiger partial charge in [0.2, 0.25) is 11.7 Å². The average Bonchev–Trinajstić information content (AvgIpc) is 3.26. The maximum absolute atomic E-state index is 13.0. The number of nitrogens with one attached hydrogen (secondary N) is 1. The quantitative estimate of drug-likeness (QED) is 0.810. The van der Waals surface area contributed by atoms with Crippen molar-refractivity contribution in [1.29, 1.82) is 0 Å². The first-order valence-electron chi connectivity index (χ1n) is 9.18. The summed E-state index contributed by atoms with van der Waals surface area (Å²) < 4.78 is 16.1. The Hall–Kier alpha value is -2.48. The van der Waals surface area contributed by atoms with Gasteiger partial charge in [-0.25, -0.2) is 0 Å². The summed E-state index contributed by atoms with van der Waals surface area (Å²) in [4.78, 5) is 29.2. The minimum absolute atomic E-state index is 0.0678. The zero-order valence-corrected chi connectivity index (χ0v) is 16.1. The fourth-order valence-electron chi connectivity index (χ4n) is 3.69. The van der Waals surface area contributed by atoms with Crippen LogP contribution in [0.1, 0.15) is 16.8 Å². The van der Waals surface area contributed by atoms with Gasteiger partial charge in [-0.2, -0.15) is 0 Å². The van der Waals surface area contributed by atoms with E-state index in [0.717, 1.165) is 19.5 Å². The molecule has 0 radical (unpaired) electrons. The van der Waals surface area contributed by atoms with Crippen LogP contribution in [0, 0.1) is 5.92 Å². The van der Waals surface area contributed by atoms with Crippen molar-refractivity contribution in [2.45, 2.75) is 6.42 Å². The second-order valence-corrected chi connectivity index (χ2v) is 6.69. The lowest BCUT2D eigenvalue weighted by atomic mass is 10.1. The molecular formula is C19H27N3O5. The smallest absolute Gasteiger partial charge is 0.257 e. The molecular weight excluding hydrogens is 350 g/mol. The molecule has 8 nitrogen and oxygen atoms in total. The normalized spacial score (nSPS) is 19.7. The number of hydrogen-bond donors (Lipinski definition) is 1. The summed E-state index contributed by atoms with van der Waals surface area (Å²) in [5, 5.41) is 3.23. The van der Waals surface area contributed by atoms with E-state index in [2.05, 4.69) is 5.32 Å². The lowest BCUT2D eigenvalue weighted by Crippen LogP contribution is -2.52. The summed E-state index contributed by atoms with van der Waals surface area (Å²) in [6.07, 6.45) is 0.890. The molecule has 2 saturated heterocycles. The second kappa shape index (κ2) is 8.47. The highest BCUT2D eigenvalue weighted by Crippen LogP contribution is 2.40. The second-order valence-electron chi connectivity index (χ2n) is 6.69. The minimum Gasteiger partial charge on any atom is -0.493 e. The molecule has 2 aliphatic heterocycles. The highest BCUT2D eigenvalue weighted by Gasteiger charge is 2.32. The number of carbonyl (C=O) groups excluding carboxylic acids is 2. The van der Waals surface area contributed by atoms with E-state index in [4.69, 9.17) is 14.2 Å². The largest absolute Gasteiger partial charge is 0.493 e. The van der Waals surface area contributed by atoms with Crippen LogP contribution < -0.4 is 19.5 Å². The van der Waals surface area contributed by atoms with Gasteiger partial charge in [-0.05, 0) is 25.1 Å². The average molecular weight is 377 g/mol. The van der Waals surface area contributed by atoms with Crippen molar-refractivity contribution in [1.82, 2.24) is 15.1 Å². The molecule has 2 aliphatic rings. The highest BCUT2D eigenvalue weighted by molar-refractivity contribution is 5.98. The van der Waals surface area contributed by atoms with E-state index in [1.807, 2.05) is 4.90 Å². The summed E-state index contributed by atoms with van der Waals surface area (Å²) in [5.41, 5.74) is 0.426. The Morgan fingerprint density at radius 2 is 1.63 bits per heavy atom. The first kappa shape index (κ1) is 19.3. The number of rotatable bonds is 5. The molecule has 2 fully saturated rings. The Kier molecular flexibility index (Phi) is 6.05. The lowest BCUT2D eigenvalue weighted by molar-refractivity contribution is -0.136. The van der Waals surface area contributed by atoms with Crippen molar-refractivity contribution in [3.05, 3.63) is 17.7 Å². The molecule has 1 atom stereocenters. The van der Waals surface area contributed by atoms with Crippen LogP contribution in [-0.4, -0.2) is 82.2 Å². The van der Waals surface area contributed by atoms with Crippen LogP contribution in [-0.2, 0) is 4.79 Å². The number of piperazine rings is 1. The van der Waals surface area contributed by atoms with Crippen LogP contribution in [0.5, 0.6) is 17.2 Å². The third-order valence-corrected chi connectivity index (χ3v) is 5.22. The molecule has 3 rings (SSSR count). The Labute approximate surface area is 159 Å².